The van der Waals surface area contributed by atoms with Crippen LogP contribution in [0.15, 0.2) is 54.7 Å². The van der Waals surface area contributed by atoms with Crippen molar-refractivity contribution in [3.8, 4) is 5.75 Å². The Morgan fingerprint density at radius 2 is 1.60 bits per heavy atom. The van der Waals surface area contributed by atoms with Crippen LogP contribution in [-0.4, -0.2) is 16.1 Å². The van der Waals surface area contributed by atoms with Gasteiger partial charge >= 0.3 is 6.18 Å². The van der Waals surface area contributed by atoms with Crippen LogP contribution in [0.25, 0.3) is 0 Å². The number of anilines is 4. The van der Waals surface area contributed by atoms with E-state index in [-0.39, 0.29) is 23.3 Å². The van der Waals surface area contributed by atoms with Gasteiger partial charge in [-0.25, -0.2) is 4.98 Å². The first-order valence-electron chi connectivity index (χ1n) is 11.9. The lowest BCUT2D eigenvalue weighted by Gasteiger charge is -2.23. The summed E-state index contributed by atoms with van der Waals surface area (Å²) in [4.78, 5) is 8.05. The molecular weight excluding hydrogens is 453 g/mol. The lowest BCUT2D eigenvalue weighted by atomic mass is 9.87. The lowest BCUT2D eigenvalue weighted by molar-refractivity contribution is -0.137. The predicted octanol–water partition coefficient (Wildman–Crippen LogP) is 7.99. The molecule has 0 aliphatic heterocycles. The minimum atomic E-state index is -4.61. The summed E-state index contributed by atoms with van der Waals surface area (Å²) < 4.78 is 47.1. The van der Waals surface area contributed by atoms with E-state index >= 15 is 0 Å². The molecule has 1 aromatic heterocycles. The molecule has 0 amide bonds. The molecule has 0 bridgehead atoms. The molecular formula is C27H31F3N4O. The monoisotopic (exact) mass is 484 g/mol. The number of nitrogens with one attached hydrogen (secondary N) is 2. The fourth-order valence-electron chi connectivity index (χ4n) is 4.09. The van der Waals surface area contributed by atoms with Gasteiger partial charge in [-0.05, 0) is 60.9 Å². The maximum atomic E-state index is 13.7. The quantitative estimate of drug-likeness (QED) is 0.371. The molecule has 35 heavy (non-hydrogen) atoms. The van der Waals surface area contributed by atoms with Crippen LogP contribution in [-0.2, 0) is 11.6 Å². The summed E-state index contributed by atoms with van der Waals surface area (Å²) in [5.74, 6) is 0.372. The highest BCUT2D eigenvalue weighted by Gasteiger charge is 2.35. The Balaban J connectivity index is 1.55. The van der Waals surface area contributed by atoms with E-state index in [1.54, 1.807) is 18.2 Å². The zero-order valence-corrected chi connectivity index (χ0v) is 20.2. The van der Waals surface area contributed by atoms with E-state index in [0.717, 1.165) is 37.4 Å². The number of aromatic nitrogens is 2. The van der Waals surface area contributed by atoms with E-state index in [9.17, 15) is 13.2 Å². The molecule has 1 heterocycles. The number of nitrogens with zero attached hydrogens (tertiary/aromatic N) is 2. The van der Waals surface area contributed by atoms with Crippen LogP contribution >= 0.6 is 0 Å². The van der Waals surface area contributed by atoms with Crippen molar-refractivity contribution in [3.63, 3.8) is 0 Å². The summed E-state index contributed by atoms with van der Waals surface area (Å²) in [5.41, 5.74) is 1.35. The van der Waals surface area contributed by atoms with Crippen LogP contribution in [0.4, 0.5) is 36.3 Å². The maximum absolute atomic E-state index is 13.7. The maximum Gasteiger partial charge on any atom is 0.421 e. The largest absolute Gasteiger partial charge is 0.490 e. The van der Waals surface area contributed by atoms with Gasteiger partial charge in [-0.15, -0.1) is 0 Å². The number of hydrogen-bond acceptors (Lipinski definition) is 5. The van der Waals surface area contributed by atoms with Crippen molar-refractivity contribution in [2.45, 2.75) is 70.6 Å². The SMILES string of the molecule is CC(C)(C)c1ccc(Nc2ncc(C(F)(F)F)c(Nc3cccc(OC4CCCCC4)c3)n2)cc1. The van der Waals surface area contributed by atoms with Crippen molar-refractivity contribution < 1.29 is 17.9 Å². The summed E-state index contributed by atoms with van der Waals surface area (Å²) >= 11 is 0. The molecule has 1 fully saturated rings. The van der Waals surface area contributed by atoms with Crippen molar-refractivity contribution in [3.05, 3.63) is 65.9 Å². The molecule has 0 saturated heterocycles. The Morgan fingerprint density at radius 1 is 0.886 bits per heavy atom. The molecule has 0 unspecified atom stereocenters. The topological polar surface area (TPSA) is 59.1 Å². The third-order valence-electron chi connectivity index (χ3n) is 6.05. The summed E-state index contributed by atoms with van der Waals surface area (Å²) in [6.07, 6.45) is 1.80. The van der Waals surface area contributed by atoms with E-state index in [1.807, 2.05) is 30.3 Å². The molecule has 1 aliphatic carbocycles. The highest BCUT2D eigenvalue weighted by atomic mass is 19.4. The van der Waals surface area contributed by atoms with Gasteiger partial charge in [0, 0.05) is 23.6 Å². The van der Waals surface area contributed by atoms with Crippen LogP contribution in [0.1, 0.15) is 64.0 Å². The second kappa shape index (κ2) is 10.1. The van der Waals surface area contributed by atoms with Gasteiger partial charge in [0.1, 0.15) is 17.1 Å². The van der Waals surface area contributed by atoms with Gasteiger partial charge in [0.2, 0.25) is 5.95 Å². The van der Waals surface area contributed by atoms with Crippen LogP contribution in [0.2, 0.25) is 0 Å². The van der Waals surface area contributed by atoms with E-state index < -0.39 is 11.7 Å². The highest BCUT2D eigenvalue weighted by molar-refractivity contribution is 5.64. The van der Waals surface area contributed by atoms with Gasteiger partial charge in [0.25, 0.3) is 0 Å². The molecule has 5 nitrogen and oxygen atoms in total. The normalized spacial score (nSPS) is 15.0. The molecule has 2 aromatic carbocycles. The Morgan fingerprint density at radius 3 is 2.26 bits per heavy atom. The Kier molecular flexibility index (Phi) is 7.19. The van der Waals surface area contributed by atoms with Gasteiger partial charge in [0.05, 0.1) is 6.10 Å². The predicted molar refractivity (Wildman–Crippen MR) is 133 cm³/mol. The summed E-state index contributed by atoms with van der Waals surface area (Å²) in [6, 6.07) is 14.6. The summed E-state index contributed by atoms with van der Waals surface area (Å²) in [6.45, 7) is 6.34. The van der Waals surface area contributed by atoms with Gasteiger partial charge < -0.3 is 15.4 Å². The molecule has 4 rings (SSSR count). The summed E-state index contributed by atoms with van der Waals surface area (Å²) in [5, 5.41) is 5.82. The first kappa shape index (κ1) is 24.8. The number of benzene rings is 2. The first-order chi connectivity index (χ1) is 16.6. The van der Waals surface area contributed by atoms with Crippen molar-refractivity contribution in [2.75, 3.05) is 10.6 Å². The average Bonchev–Trinajstić information content (AvgIpc) is 2.79. The standard InChI is InChI=1S/C27H31F3N4O/c1-26(2,3)18-12-14-19(15-13-18)33-25-31-17-23(27(28,29)30)24(34-25)32-20-8-7-11-22(16-20)35-21-9-5-4-6-10-21/h7-8,11-17,21H,4-6,9-10H2,1-3H3,(H2,31,32,33,34). The number of alkyl halides is 3. The molecule has 1 aliphatic rings. The van der Waals surface area contributed by atoms with Gasteiger partial charge in [0.15, 0.2) is 0 Å². The van der Waals surface area contributed by atoms with Gasteiger partial charge in [-0.3, -0.25) is 0 Å². The van der Waals surface area contributed by atoms with Crippen LogP contribution in [0.3, 0.4) is 0 Å². The van der Waals surface area contributed by atoms with Gasteiger partial charge in [-0.2, -0.15) is 18.2 Å². The molecule has 0 radical (unpaired) electrons. The Hall–Kier alpha value is -3.29. The van der Waals surface area contributed by atoms with Crippen molar-refractivity contribution in [1.82, 2.24) is 9.97 Å². The van der Waals surface area contributed by atoms with E-state index in [2.05, 4.69) is 41.4 Å². The number of halogens is 3. The number of rotatable bonds is 6. The fourth-order valence-corrected chi connectivity index (χ4v) is 4.09. The zero-order chi connectivity index (χ0) is 25.1. The number of hydrogen-bond donors (Lipinski definition) is 2. The van der Waals surface area contributed by atoms with Crippen molar-refractivity contribution in [2.24, 2.45) is 0 Å². The molecule has 186 valence electrons. The second-order valence-corrected chi connectivity index (χ2v) is 9.94. The highest BCUT2D eigenvalue weighted by Crippen LogP contribution is 2.36. The van der Waals surface area contributed by atoms with Crippen molar-refractivity contribution >= 4 is 23.1 Å². The van der Waals surface area contributed by atoms with Crippen LogP contribution in [0.5, 0.6) is 5.75 Å². The molecule has 1 saturated carbocycles. The Bertz CT molecular complexity index is 1130. The van der Waals surface area contributed by atoms with E-state index in [1.165, 1.54) is 6.42 Å². The van der Waals surface area contributed by atoms with Gasteiger partial charge in [-0.1, -0.05) is 45.4 Å². The second-order valence-electron chi connectivity index (χ2n) is 9.94. The van der Waals surface area contributed by atoms with Crippen LogP contribution < -0.4 is 15.4 Å². The third-order valence-corrected chi connectivity index (χ3v) is 6.05. The smallest absolute Gasteiger partial charge is 0.421 e. The zero-order valence-electron chi connectivity index (χ0n) is 20.2. The fraction of sp³-hybridized carbons (Fsp3) is 0.407. The molecule has 3 aromatic rings. The van der Waals surface area contributed by atoms with Crippen molar-refractivity contribution in [1.29, 1.82) is 0 Å². The minimum Gasteiger partial charge on any atom is -0.490 e. The van der Waals surface area contributed by atoms with Crippen LogP contribution in [0, 0.1) is 0 Å². The lowest BCUT2D eigenvalue weighted by Crippen LogP contribution is -2.19. The van der Waals surface area contributed by atoms with E-state index in [0.29, 0.717) is 17.1 Å². The molecule has 0 spiro atoms. The molecule has 8 heteroatoms. The van der Waals surface area contributed by atoms with E-state index in [4.69, 9.17) is 4.74 Å². The molecule has 2 N–H and O–H groups in total. The molecule has 0 atom stereocenters. The average molecular weight is 485 g/mol. The number of ether oxygens (including phenoxy) is 1. The Labute approximate surface area is 204 Å². The minimum absolute atomic E-state index is 0.00425. The summed E-state index contributed by atoms with van der Waals surface area (Å²) in [7, 11) is 0. The first-order valence-corrected chi connectivity index (χ1v) is 11.9. The third kappa shape index (κ3) is 6.65.